The van der Waals surface area contributed by atoms with Crippen LogP contribution in [0.3, 0.4) is 0 Å². The fraction of sp³-hybridized carbons (Fsp3) is 0.667. The van der Waals surface area contributed by atoms with Gasteiger partial charge < -0.3 is 10.6 Å². The van der Waals surface area contributed by atoms with E-state index in [-0.39, 0.29) is 0 Å². The van der Waals surface area contributed by atoms with E-state index >= 15 is 0 Å². The quantitative estimate of drug-likeness (QED) is 0.587. The molecule has 2 N–H and O–H groups in total. The van der Waals surface area contributed by atoms with Crippen molar-refractivity contribution in [1.29, 1.82) is 0 Å². The highest BCUT2D eigenvalue weighted by Crippen LogP contribution is 1.81. The molecule has 74 valence electrons. The third kappa shape index (κ3) is 4.65. The van der Waals surface area contributed by atoms with Crippen LogP contribution < -0.4 is 10.6 Å². The lowest BCUT2D eigenvalue weighted by Gasteiger charge is -2.04. The topological polar surface area (TPSA) is 41.9 Å². The summed E-state index contributed by atoms with van der Waals surface area (Å²) < 4.78 is 1.93. The van der Waals surface area contributed by atoms with Gasteiger partial charge in [-0.3, -0.25) is 4.68 Å². The molecule has 13 heavy (non-hydrogen) atoms. The minimum atomic E-state index is 0.944. The van der Waals surface area contributed by atoms with Gasteiger partial charge in [-0.1, -0.05) is 6.92 Å². The number of likely N-dealkylation sites (N-methyl/N-ethyl adjacent to an activating group) is 1. The van der Waals surface area contributed by atoms with Gasteiger partial charge in [0.1, 0.15) is 0 Å². The summed E-state index contributed by atoms with van der Waals surface area (Å²) in [6.45, 7) is 7.14. The van der Waals surface area contributed by atoms with Crippen LogP contribution in [-0.4, -0.2) is 36.0 Å². The van der Waals surface area contributed by atoms with Crippen LogP contribution in [0.1, 0.15) is 6.92 Å². The maximum Gasteiger partial charge on any atom is 0.0533 e. The molecule has 0 radical (unpaired) electrons. The van der Waals surface area contributed by atoms with E-state index in [1.54, 1.807) is 6.20 Å². The zero-order chi connectivity index (χ0) is 9.36. The molecule has 0 saturated heterocycles. The summed E-state index contributed by atoms with van der Waals surface area (Å²) in [7, 11) is 0. The molecule has 1 aromatic heterocycles. The van der Waals surface area contributed by atoms with Crippen molar-refractivity contribution in [1.82, 2.24) is 20.4 Å². The van der Waals surface area contributed by atoms with E-state index in [4.69, 9.17) is 0 Å². The highest BCUT2D eigenvalue weighted by atomic mass is 15.3. The van der Waals surface area contributed by atoms with Crippen LogP contribution in [0.2, 0.25) is 0 Å². The molecule has 0 aliphatic rings. The molecule has 4 nitrogen and oxygen atoms in total. The van der Waals surface area contributed by atoms with Crippen molar-refractivity contribution in [2.45, 2.75) is 13.5 Å². The van der Waals surface area contributed by atoms with Crippen LogP contribution in [0.4, 0.5) is 0 Å². The van der Waals surface area contributed by atoms with E-state index in [2.05, 4.69) is 22.7 Å². The fourth-order valence-electron chi connectivity index (χ4n) is 1.10. The van der Waals surface area contributed by atoms with E-state index in [0.717, 1.165) is 32.7 Å². The number of nitrogens with one attached hydrogen (secondary N) is 2. The Kier molecular flexibility index (Phi) is 5.20. The molecule has 0 aliphatic heterocycles. The Morgan fingerprint density at radius 3 is 2.77 bits per heavy atom. The highest BCUT2D eigenvalue weighted by Gasteiger charge is 1.89. The van der Waals surface area contributed by atoms with Gasteiger partial charge in [0.05, 0.1) is 6.54 Å². The van der Waals surface area contributed by atoms with E-state index in [9.17, 15) is 0 Å². The first-order chi connectivity index (χ1) is 6.43. The molecular weight excluding hydrogens is 164 g/mol. The standard InChI is InChI=1S/C9H18N4/c1-2-10-5-6-11-7-9-13-8-3-4-12-13/h3-4,8,10-11H,2,5-7,9H2,1H3. The fourth-order valence-corrected chi connectivity index (χ4v) is 1.10. The lowest BCUT2D eigenvalue weighted by Crippen LogP contribution is -2.29. The molecule has 0 spiro atoms. The maximum absolute atomic E-state index is 4.11. The first kappa shape index (κ1) is 10.2. The van der Waals surface area contributed by atoms with Gasteiger partial charge in [-0.15, -0.1) is 0 Å². The number of aromatic nitrogens is 2. The SMILES string of the molecule is CCNCCNCCn1cccn1. The summed E-state index contributed by atoms with van der Waals surface area (Å²) in [5.41, 5.74) is 0. The second kappa shape index (κ2) is 6.62. The molecule has 0 unspecified atom stereocenters. The number of hydrogen-bond donors (Lipinski definition) is 2. The van der Waals surface area contributed by atoms with Gasteiger partial charge in [-0.05, 0) is 12.6 Å². The van der Waals surface area contributed by atoms with Crippen molar-refractivity contribution in [2.75, 3.05) is 26.2 Å². The molecule has 1 aromatic rings. The largest absolute Gasteiger partial charge is 0.316 e. The lowest BCUT2D eigenvalue weighted by atomic mass is 10.5. The monoisotopic (exact) mass is 182 g/mol. The Labute approximate surface area is 79.3 Å². The van der Waals surface area contributed by atoms with E-state index in [1.165, 1.54) is 0 Å². The van der Waals surface area contributed by atoms with Crippen LogP contribution in [0.5, 0.6) is 0 Å². The summed E-state index contributed by atoms with van der Waals surface area (Å²) in [5, 5.41) is 10.7. The summed E-state index contributed by atoms with van der Waals surface area (Å²) in [6.07, 6.45) is 3.78. The molecule has 0 fully saturated rings. The number of hydrogen-bond acceptors (Lipinski definition) is 3. The van der Waals surface area contributed by atoms with Gasteiger partial charge in [0.25, 0.3) is 0 Å². The predicted molar refractivity (Wildman–Crippen MR) is 53.6 cm³/mol. The van der Waals surface area contributed by atoms with Crippen LogP contribution in [0, 0.1) is 0 Å². The third-order valence-corrected chi connectivity index (χ3v) is 1.81. The van der Waals surface area contributed by atoms with Crippen LogP contribution >= 0.6 is 0 Å². The molecule has 0 bridgehead atoms. The van der Waals surface area contributed by atoms with Crippen molar-refractivity contribution in [2.24, 2.45) is 0 Å². The van der Waals surface area contributed by atoms with Crippen molar-refractivity contribution < 1.29 is 0 Å². The van der Waals surface area contributed by atoms with Gasteiger partial charge in [0.2, 0.25) is 0 Å². The minimum Gasteiger partial charge on any atom is -0.316 e. The molecular formula is C9H18N4. The molecule has 4 heteroatoms. The predicted octanol–water partition coefficient (Wildman–Crippen LogP) is 0.0822. The molecule has 1 heterocycles. The molecule has 0 aliphatic carbocycles. The Morgan fingerprint density at radius 2 is 2.08 bits per heavy atom. The average Bonchev–Trinajstić information content (AvgIpc) is 2.63. The highest BCUT2D eigenvalue weighted by molar-refractivity contribution is 4.77. The van der Waals surface area contributed by atoms with Crippen LogP contribution in [0.15, 0.2) is 18.5 Å². The summed E-state index contributed by atoms with van der Waals surface area (Å²) in [4.78, 5) is 0. The number of nitrogens with zero attached hydrogens (tertiary/aromatic N) is 2. The Hall–Kier alpha value is -0.870. The zero-order valence-corrected chi connectivity index (χ0v) is 8.16. The van der Waals surface area contributed by atoms with Gasteiger partial charge in [-0.2, -0.15) is 5.10 Å². The second-order valence-electron chi connectivity index (χ2n) is 2.87. The lowest BCUT2D eigenvalue weighted by molar-refractivity contribution is 0.544. The van der Waals surface area contributed by atoms with E-state index in [1.807, 2.05) is 16.9 Å². The van der Waals surface area contributed by atoms with Crippen LogP contribution in [0.25, 0.3) is 0 Å². The second-order valence-corrected chi connectivity index (χ2v) is 2.87. The smallest absolute Gasteiger partial charge is 0.0533 e. The summed E-state index contributed by atoms with van der Waals surface area (Å²) in [5.74, 6) is 0. The molecule has 0 saturated carbocycles. The van der Waals surface area contributed by atoms with Crippen molar-refractivity contribution in [3.8, 4) is 0 Å². The molecule has 0 amide bonds. The summed E-state index contributed by atoms with van der Waals surface area (Å²) >= 11 is 0. The Morgan fingerprint density at radius 1 is 1.23 bits per heavy atom. The maximum atomic E-state index is 4.11. The van der Waals surface area contributed by atoms with Gasteiger partial charge in [0.15, 0.2) is 0 Å². The first-order valence-corrected chi connectivity index (χ1v) is 4.82. The van der Waals surface area contributed by atoms with Crippen LogP contribution in [-0.2, 0) is 6.54 Å². The van der Waals surface area contributed by atoms with Crippen molar-refractivity contribution in [3.63, 3.8) is 0 Å². The van der Waals surface area contributed by atoms with E-state index in [0.29, 0.717) is 0 Å². The van der Waals surface area contributed by atoms with Crippen molar-refractivity contribution >= 4 is 0 Å². The molecule has 0 atom stereocenters. The first-order valence-electron chi connectivity index (χ1n) is 4.82. The normalized spacial score (nSPS) is 10.5. The van der Waals surface area contributed by atoms with Gasteiger partial charge in [0, 0.05) is 32.0 Å². The van der Waals surface area contributed by atoms with E-state index < -0.39 is 0 Å². The minimum absolute atomic E-state index is 0.944. The summed E-state index contributed by atoms with van der Waals surface area (Å²) in [6, 6.07) is 1.94. The molecule has 1 rings (SSSR count). The average molecular weight is 182 g/mol. The van der Waals surface area contributed by atoms with Gasteiger partial charge in [-0.25, -0.2) is 0 Å². The van der Waals surface area contributed by atoms with Crippen molar-refractivity contribution in [3.05, 3.63) is 18.5 Å². The van der Waals surface area contributed by atoms with Gasteiger partial charge >= 0.3 is 0 Å². The molecule has 0 aromatic carbocycles. The zero-order valence-electron chi connectivity index (χ0n) is 8.16. The number of rotatable bonds is 7. The Balaban J connectivity index is 1.90. The Bertz CT molecular complexity index is 195. The third-order valence-electron chi connectivity index (χ3n) is 1.81.